The van der Waals surface area contributed by atoms with Crippen molar-refractivity contribution in [2.75, 3.05) is 39.3 Å². The van der Waals surface area contributed by atoms with Gasteiger partial charge in [-0.05, 0) is 44.9 Å². The lowest BCUT2D eigenvalue weighted by Crippen LogP contribution is -2.53. The number of fused-ring (bicyclic) bond motifs is 1. The van der Waals surface area contributed by atoms with Gasteiger partial charge in [0.05, 0.1) is 0 Å². The Hall–Kier alpha value is -1.40. The third-order valence-electron chi connectivity index (χ3n) is 8.23. The van der Waals surface area contributed by atoms with Crippen LogP contribution in [0.25, 0.3) is 0 Å². The lowest BCUT2D eigenvalue weighted by atomic mass is 9.89. The molecule has 1 atom stereocenters. The molecule has 2 saturated heterocycles. The van der Waals surface area contributed by atoms with Crippen LogP contribution in [0, 0.1) is 0 Å². The van der Waals surface area contributed by atoms with Crippen LogP contribution in [0.1, 0.15) is 79.5 Å². The monoisotopic (exact) mass is 413 g/mol. The van der Waals surface area contributed by atoms with Crippen molar-refractivity contribution in [2.45, 2.75) is 82.7 Å². The van der Waals surface area contributed by atoms with Gasteiger partial charge in [0.25, 0.3) is 5.91 Å². The summed E-state index contributed by atoms with van der Waals surface area (Å²) >= 11 is 0. The molecule has 166 valence electrons. The number of piperazine rings is 1. The van der Waals surface area contributed by atoms with Crippen molar-refractivity contribution < 1.29 is 4.79 Å². The molecule has 0 spiro atoms. The Morgan fingerprint density at radius 1 is 0.800 bits per heavy atom. The first-order valence-electron chi connectivity index (χ1n) is 12.5. The van der Waals surface area contributed by atoms with E-state index in [1.807, 2.05) is 11.7 Å². The number of hydrogen-bond acceptors (Lipinski definition) is 4. The van der Waals surface area contributed by atoms with Crippen molar-refractivity contribution in [2.24, 2.45) is 7.05 Å². The molecule has 1 aromatic rings. The molecule has 0 bridgehead atoms. The molecule has 3 heterocycles. The van der Waals surface area contributed by atoms with Crippen LogP contribution in [-0.4, -0.2) is 81.7 Å². The Morgan fingerprint density at radius 3 is 2.10 bits per heavy atom. The second-order valence-corrected chi connectivity index (χ2v) is 10.0. The SMILES string of the molecule is Cn1nc(C(=O)N2CCCCCC2)c2c1CC[C@@H](N1CCN(C3CCCC3)CC1)C2. The van der Waals surface area contributed by atoms with Crippen LogP contribution in [0.15, 0.2) is 0 Å². The molecule has 1 saturated carbocycles. The Morgan fingerprint density at radius 2 is 1.43 bits per heavy atom. The highest BCUT2D eigenvalue weighted by Crippen LogP contribution is 2.30. The molecule has 2 aliphatic heterocycles. The van der Waals surface area contributed by atoms with E-state index < -0.39 is 0 Å². The van der Waals surface area contributed by atoms with Crippen LogP contribution in [-0.2, 0) is 19.9 Å². The van der Waals surface area contributed by atoms with Gasteiger partial charge in [0.15, 0.2) is 5.69 Å². The van der Waals surface area contributed by atoms with E-state index >= 15 is 0 Å². The summed E-state index contributed by atoms with van der Waals surface area (Å²) < 4.78 is 1.99. The summed E-state index contributed by atoms with van der Waals surface area (Å²) in [5.74, 6) is 0.181. The van der Waals surface area contributed by atoms with Crippen LogP contribution < -0.4 is 0 Å². The molecule has 6 nitrogen and oxygen atoms in total. The number of aromatic nitrogens is 2. The van der Waals surface area contributed by atoms with Gasteiger partial charge in [-0.25, -0.2) is 0 Å². The molecule has 1 amide bonds. The normalized spacial score (nSPS) is 27.2. The zero-order valence-electron chi connectivity index (χ0n) is 18.8. The van der Waals surface area contributed by atoms with Crippen LogP contribution in [0.4, 0.5) is 0 Å². The first-order valence-corrected chi connectivity index (χ1v) is 12.5. The van der Waals surface area contributed by atoms with Crippen molar-refractivity contribution in [3.8, 4) is 0 Å². The second-order valence-electron chi connectivity index (χ2n) is 10.0. The minimum Gasteiger partial charge on any atom is -0.337 e. The van der Waals surface area contributed by atoms with E-state index in [9.17, 15) is 4.79 Å². The largest absolute Gasteiger partial charge is 0.337 e. The predicted molar refractivity (Wildman–Crippen MR) is 119 cm³/mol. The van der Waals surface area contributed by atoms with Crippen molar-refractivity contribution >= 4 is 5.91 Å². The number of nitrogens with zero attached hydrogens (tertiary/aromatic N) is 5. The van der Waals surface area contributed by atoms with E-state index in [4.69, 9.17) is 5.10 Å². The quantitative estimate of drug-likeness (QED) is 0.764. The second kappa shape index (κ2) is 8.99. The summed E-state index contributed by atoms with van der Waals surface area (Å²) in [4.78, 5) is 20.9. The summed E-state index contributed by atoms with van der Waals surface area (Å²) in [5.41, 5.74) is 3.30. The molecule has 2 aliphatic carbocycles. The highest BCUT2D eigenvalue weighted by Gasteiger charge is 2.34. The fraction of sp³-hybridized carbons (Fsp3) is 0.833. The summed E-state index contributed by atoms with van der Waals surface area (Å²) in [6.45, 7) is 6.62. The predicted octanol–water partition coefficient (Wildman–Crippen LogP) is 2.85. The average molecular weight is 414 g/mol. The number of hydrogen-bond donors (Lipinski definition) is 0. The summed E-state index contributed by atoms with van der Waals surface area (Å²) in [6.07, 6.45) is 13.7. The molecule has 5 rings (SSSR count). The minimum absolute atomic E-state index is 0.181. The third-order valence-corrected chi connectivity index (χ3v) is 8.23. The number of carbonyl (C=O) groups is 1. The molecule has 6 heteroatoms. The van der Waals surface area contributed by atoms with Gasteiger partial charge in [0, 0.05) is 69.7 Å². The van der Waals surface area contributed by atoms with Gasteiger partial charge in [-0.3, -0.25) is 19.3 Å². The molecular weight excluding hydrogens is 374 g/mol. The Kier molecular flexibility index (Phi) is 6.15. The molecule has 1 aromatic heterocycles. The van der Waals surface area contributed by atoms with Crippen LogP contribution in [0.3, 0.4) is 0 Å². The number of likely N-dealkylation sites (tertiary alicyclic amines) is 1. The molecule has 0 radical (unpaired) electrons. The molecule has 30 heavy (non-hydrogen) atoms. The Bertz CT molecular complexity index is 737. The lowest BCUT2D eigenvalue weighted by Gasteiger charge is -2.42. The van der Waals surface area contributed by atoms with E-state index in [1.165, 1.54) is 82.4 Å². The summed E-state index contributed by atoms with van der Waals surface area (Å²) in [6, 6.07) is 1.42. The summed E-state index contributed by atoms with van der Waals surface area (Å²) in [5, 5.41) is 4.74. The van der Waals surface area contributed by atoms with Gasteiger partial charge in [0.2, 0.25) is 0 Å². The van der Waals surface area contributed by atoms with E-state index in [-0.39, 0.29) is 5.91 Å². The summed E-state index contributed by atoms with van der Waals surface area (Å²) in [7, 11) is 2.03. The molecule has 0 N–H and O–H groups in total. The molecule has 4 aliphatic rings. The van der Waals surface area contributed by atoms with E-state index in [2.05, 4.69) is 14.7 Å². The molecular formula is C24H39N5O. The van der Waals surface area contributed by atoms with Gasteiger partial charge in [-0.1, -0.05) is 25.7 Å². The van der Waals surface area contributed by atoms with Crippen molar-refractivity contribution in [1.29, 1.82) is 0 Å². The van der Waals surface area contributed by atoms with Crippen LogP contribution in [0.5, 0.6) is 0 Å². The maximum atomic E-state index is 13.3. The van der Waals surface area contributed by atoms with Crippen molar-refractivity contribution in [1.82, 2.24) is 24.5 Å². The number of aryl methyl sites for hydroxylation is 1. The highest BCUT2D eigenvalue weighted by atomic mass is 16.2. The van der Waals surface area contributed by atoms with Crippen molar-refractivity contribution in [3.05, 3.63) is 17.0 Å². The number of carbonyl (C=O) groups excluding carboxylic acids is 1. The average Bonchev–Trinajstić information content (AvgIpc) is 3.34. The fourth-order valence-corrected chi connectivity index (χ4v) is 6.42. The highest BCUT2D eigenvalue weighted by molar-refractivity contribution is 5.94. The smallest absolute Gasteiger partial charge is 0.274 e. The van der Waals surface area contributed by atoms with Gasteiger partial charge in [-0.2, -0.15) is 5.10 Å². The maximum absolute atomic E-state index is 13.3. The molecule has 0 unspecified atom stereocenters. The van der Waals surface area contributed by atoms with Gasteiger partial charge in [-0.15, -0.1) is 0 Å². The minimum atomic E-state index is 0.181. The first-order chi connectivity index (χ1) is 14.7. The Balaban J connectivity index is 1.26. The van der Waals surface area contributed by atoms with E-state index in [0.717, 1.165) is 50.5 Å². The first kappa shape index (κ1) is 20.5. The Labute approximate surface area is 181 Å². The topological polar surface area (TPSA) is 44.6 Å². The molecule has 3 fully saturated rings. The zero-order chi connectivity index (χ0) is 20.5. The van der Waals surface area contributed by atoms with Gasteiger partial charge in [0.1, 0.15) is 0 Å². The number of amides is 1. The third kappa shape index (κ3) is 4.05. The number of rotatable bonds is 3. The standard InChI is InChI=1S/C24H39N5O/c1-26-22-11-10-20(28-16-14-27(15-17-28)19-8-4-5-9-19)18-21(22)23(25-26)24(30)29-12-6-2-3-7-13-29/h19-20H,2-18H2,1H3/t20-/m1/s1. The van der Waals surface area contributed by atoms with Crippen LogP contribution >= 0.6 is 0 Å². The van der Waals surface area contributed by atoms with E-state index in [1.54, 1.807) is 0 Å². The fourth-order valence-electron chi connectivity index (χ4n) is 6.42. The zero-order valence-corrected chi connectivity index (χ0v) is 18.8. The van der Waals surface area contributed by atoms with E-state index in [0.29, 0.717) is 6.04 Å². The van der Waals surface area contributed by atoms with Crippen LogP contribution in [0.2, 0.25) is 0 Å². The van der Waals surface area contributed by atoms with Gasteiger partial charge >= 0.3 is 0 Å². The van der Waals surface area contributed by atoms with Crippen molar-refractivity contribution in [3.63, 3.8) is 0 Å². The van der Waals surface area contributed by atoms with Gasteiger partial charge < -0.3 is 4.90 Å². The maximum Gasteiger partial charge on any atom is 0.274 e. The lowest BCUT2D eigenvalue weighted by molar-refractivity contribution is 0.0650. The molecule has 0 aromatic carbocycles.